The maximum absolute atomic E-state index is 14.6. The zero-order valence-corrected chi connectivity index (χ0v) is 21.7. The van der Waals surface area contributed by atoms with E-state index in [0.717, 1.165) is 39.9 Å². The summed E-state index contributed by atoms with van der Waals surface area (Å²) >= 11 is 0. The molecule has 0 bridgehead atoms. The van der Waals surface area contributed by atoms with E-state index in [4.69, 9.17) is 0 Å². The topological polar surface area (TPSA) is 56.0 Å². The van der Waals surface area contributed by atoms with Gasteiger partial charge in [-0.05, 0) is 69.1 Å². The Morgan fingerprint density at radius 3 is 1.97 bits per heavy atom. The van der Waals surface area contributed by atoms with Gasteiger partial charge in [0.2, 0.25) is 0 Å². The molecule has 7 heteroatoms. The quantitative estimate of drug-likeness (QED) is 0.377. The van der Waals surface area contributed by atoms with Gasteiger partial charge in [0.05, 0.1) is 24.7 Å². The summed E-state index contributed by atoms with van der Waals surface area (Å²) in [5.74, 6) is -1.49. The summed E-state index contributed by atoms with van der Waals surface area (Å²) in [4.78, 5) is 27.8. The van der Waals surface area contributed by atoms with Crippen LogP contribution in [-0.4, -0.2) is 16.2 Å². The first kappa shape index (κ1) is 26.2. The Hall–Kier alpha value is -3.84. The lowest BCUT2D eigenvalue weighted by atomic mass is 9.93. The molecular formula is C30H31F2N3O2. The average Bonchev–Trinajstić information content (AvgIpc) is 2.85. The highest BCUT2D eigenvalue weighted by molar-refractivity contribution is 5.72. The highest BCUT2D eigenvalue weighted by Crippen LogP contribution is 2.29. The van der Waals surface area contributed by atoms with Crippen LogP contribution in [0.25, 0.3) is 11.1 Å². The average molecular weight is 504 g/mol. The van der Waals surface area contributed by atoms with Crippen LogP contribution in [0, 0.1) is 39.3 Å². The summed E-state index contributed by atoms with van der Waals surface area (Å²) in [6.45, 7) is 7.20. The van der Waals surface area contributed by atoms with Gasteiger partial charge in [-0.3, -0.25) is 13.9 Å². The minimum absolute atomic E-state index is 0.0508. The maximum atomic E-state index is 14.6. The molecule has 1 aromatic heterocycles. The molecule has 0 aliphatic carbocycles. The zero-order valence-electron chi connectivity index (χ0n) is 21.7. The Morgan fingerprint density at radius 2 is 1.41 bits per heavy atom. The molecule has 1 heterocycles. The van der Waals surface area contributed by atoms with Crippen molar-refractivity contribution in [2.24, 2.45) is 0 Å². The van der Waals surface area contributed by atoms with E-state index in [0.29, 0.717) is 11.3 Å². The van der Waals surface area contributed by atoms with Gasteiger partial charge in [-0.15, -0.1) is 0 Å². The van der Waals surface area contributed by atoms with Gasteiger partial charge in [0, 0.05) is 11.3 Å². The Bertz CT molecular complexity index is 1530. The Kier molecular flexibility index (Phi) is 7.55. The summed E-state index contributed by atoms with van der Waals surface area (Å²) in [5.41, 5.74) is 3.91. The Morgan fingerprint density at radius 1 is 0.811 bits per heavy atom. The Balaban J connectivity index is 2.01. The summed E-state index contributed by atoms with van der Waals surface area (Å²) in [6, 6.07) is 16.8. The second-order valence-electron chi connectivity index (χ2n) is 9.47. The van der Waals surface area contributed by atoms with Crippen LogP contribution in [0.2, 0.25) is 0 Å². The van der Waals surface area contributed by atoms with Crippen molar-refractivity contribution in [2.45, 2.75) is 46.8 Å². The fourth-order valence-corrected chi connectivity index (χ4v) is 5.08. The van der Waals surface area contributed by atoms with Crippen LogP contribution in [0.3, 0.4) is 0 Å². The maximum Gasteiger partial charge on any atom is 0.331 e. The van der Waals surface area contributed by atoms with Gasteiger partial charge in [-0.1, -0.05) is 54.1 Å². The number of hydrogen-bond donors (Lipinski definition) is 1. The summed E-state index contributed by atoms with van der Waals surface area (Å²) in [5, 5.41) is 3.18. The van der Waals surface area contributed by atoms with Gasteiger partial charge < -0.3 is 5.32 Å². The number of aryl methyl sites for hydroxylation is 3. The molecule has 1 atom stereocenters. The molecule has 0 saturated carbocycles. The van der Waals surface area contributed by atoms with Crippen LogP contribution in [0.15, 0.2) is 70.3 Å². The van der Waals surface area contributed by atoms with Gasteiger partial charge in [-0.2, -0.15) is 0 Å². The molecule has 0 fully saturated rings. The molecule has 0 amide bonds. The van der Waals surface area contributed by atoms with E-state index in [2.05, 4.69) is 5.32 Å². The SMILES string of the molecule is CN[C@@H](Cn1c(=O)c(-c2c(C)cc(C)cc2C)c(C)n(Cc2c(F)cccc2F)c1=O)c1ccccc1. The normalized spacial score (nSPS) is 12.1. The molecular weight excluding hydrogens is 472 g/mol. The van der Waals surface area contributed by atoms with Crippen molar-refractivity contribution < 1.29 is 8.78 Å². The number of nitrogens with one attached hydrogen (secondary N) is 1. The largest absolute Gasteiger partial charge is 0.331 e. The minimum atomic E-state index is -0.745. The van der Waals surface area contributed by atoms with E-state index >= 15 is 0 Å². The number of aromatic nitrogens is 2. The number of nitrogens with zero attached hydrogens (tertiary/aromatic N) is 2. The molecule has 5 nitrogen and oxygen atoms in total. The lowest BCUT2D eigenvalue weighted by Gasteiger charge is -2.23. The predicted molar refractivity (Wildman–Crippen MR) is 143 cm³/mol. The summed E-state index contributed by atoms with van der Waals surface area (Å²) < 4.78 is 31.7. The third-order valence-electron chi connectivity index (χ3n) is 6.91. The predicted octanol–water partition coefficient (Wildman–Crippen LogP) is 5.20. The van der Waals surface area contributed by atoms with Gasteiger partial charge in [-0.25, -0.2) is 13.6 Å². The number of likely N-dealkylation sites (N-methyl/N-ethyl adjacent to an activating group) is 1. The van der Waals surface area contributed by atoms with E-state index in [1.54, 1.807) is 14.0 Å². The highest BCUT2D eigenvalue weighted by Gasteiger charge is 2.24. The van der Waals surface area contributed by atoms with Crippen molar-refractivity contribution in [2.75, 3.05) is 7.05 Å². The van der Waals surface area contributed by atoms with Gasteiger partial charge in [0.15, 0.2) is 0 Å². The number of halogens is 2. The van der Waals surface area contributed by atoms with Crippen molar-refractivity contribution in [3.63, 3.8) is 0 Å². The van der Waals surface area contributed by atoms with E-state index in [1.807, 2.05) is 63.2 Å². The van der Waals surface area contributed by atoms with Crippen LogP contribution >= 0.6 is 0 Å². The van der Waals surface area contributed by atoms with Crippen molar-refractivity contribution in [3.05, 3.63) is 127 Å². The first-order valence-corrected chi connectivity index (χ1v) is 12.2. The molecule has 37 heavy (non-hydrogen) atoms. The van der Waals surface area contributed by atoms with Crippen LogP contribution < -0.4 is 16.6 Å². The molecule has 4 rings (SSSR count). The molecule has 0 radical (unpaired) electrons. The standard InChI is InChI=1S/C30H31F2N3O2/c1-18-14-19(2)27(20(3)15-18)28-21(4)34(16-23-24(31)12-9-13-25(23)32)30(37)35(29(28)36)17-26(33-5)22-10-7-6-8-11-22/h6-15,26,33H,16-17H2,1-5H3/t26-/m0/s1. The smallest absolute Gasteiger partial charge is 0.312 e. The molecule has 1 N–H and O–H groups in total. The van der Waals surface area contributed by atoms with Crippen molar-refractivity contribution >= 4 is 0 Å². The molecule has 4 aromatic rings. The van der Waals surface area contributed by atoms with Crippen LogP contribution in [0.1, 0.15) is 39.6 Å². The van der Waals surface area contributed by atoms with Crippen LogP contribution in [0.5, 0.6) is 0 Å². The van der Waals surface area contributed by atoms with Crippen molar-refractivity contribution in [3.8, 4) is 11.1 Å². The molecule has 3 aromatic carbocycles. The van der Waals surface area contributed by atoms with Crippen molar-refractivity contribution in [1.82, 2.24) is 14.5 Å². The third-order valence-corrected chi connectivity index (χ3v) is 6.91. The van der Waals surface area contributed by atoms with Gasteiger partial charge in [0.25, 0.3) is 5.56 Å². The van der Waals surface area contributed by atoms with E-state index in [9.17, 15) is 18.4 Å². The van der Waals surface area contributed by atoms with Crippen molar-refractivity contribution in [1.29, 1.82) is 0 Å². The molecule has 0 spiro atoms. The van der Waals surface area contributed by atoms with Crippen LogP contribution in [-0.2, 0) is 13.1 Å². The van der Waals surface area contributed by atoms with E-state index < -0.39 is 22.9 Å². The lowest BCUT2D eigenvalue weighted by Crippen LogP contribution is -2.44. The molecule has 0 unspecified atom stereocenters. The molecule has 192 valence electrons. The fourth-order valence-electron chi connectivity index (χ4n) is 5.08. The van der Waals surface area contributed by atoms with Gasteiger partial charge in [0.1, 0.15) is 11.6 Å². The molecule has 0 aliphatic rings. The number of benzene rings is 3. The highest BCUT2D eigenvalue weighted by atomic mass is 19.1. The second kappa shape index (κ2) is 10.6. The zero-order chi connectivity index (χ0) is 26.9. The second-order valence-corrected chi connectivity index (χ2v) is 9.47. The minimum Gasteiger partial charge on any atom is -0.312 e. The van der Waals surface area contributed by atoms with E-state index in [-0.39, 0.29) is 24.7 Å². The summed E-state index contributed by atoms with van der Waals surface area (Å²) in [6.07, 6.45) is 0. The molecule has 0 aliphatic heterocycles. The first-order chi connectivity index (χ1) is 17.6. The number of hydrogen-bond acceptors (Lipinski definition) is 3. The lowest BCUT2D eigenvalue weighted by molar-refractivity contribution is 0.456. The fraction of sp³-hybridized carbons (Fsp3) is 0.267. The monoisotopic (exact) mass is 503 g/mol. The Labute approximate surface area is 215 Å². The first-order valence-electron chi connectivity index (χ1n) is 12.2. The van der Waals surface area contributed by atoms with E-state index in [1.165, 1.54) is 15.2 Å². The van der Waals surface area contributed by atoms with Crippen LogP contribution in [0.4, 0.5) is 8.78 Å². The summed E-state index contributed by atoms with van der Waals surface area (Å²) in [7, 11) is 1.76. The van der Waals surface area contributed by atoms with Gasteiger partial charge >= 0.3 is 5.69 Å². The molecule has 0 saturated heterocycles. The third kappa shape index (κ3) is 5.04. The number of rotatable bonds is 7.